The van der Waals surface area contributed by atoms with Gasteiger partial charge in [0.15, 0.2) is 12.0 Å². The summed E-state index contributed by atoms with van der Waals surface area (Å²) >= 11 is 1.71. The maximum Gasteiger partial charge on any atom is 0.185 e. The van der Waals surface area contributed by atoms with Crippen LogP contribution in [-0.2, 0) is 0 Å². The van der Waals surface area contributed by atoms with Crippen molar-refractivity contribution in [3.05, 3.63) is 47.0 Å². The molecular formula is C9H8O2S. The van der Waals surface area contributed by atoms with Gasteiger partial charge in [-0.25, -0.2) is 0 Å². The zero-order valence-corrected chi connectivity index (χ0v) is 7.16. The molecule has 0 saturated carbocycles. The SMILES string of the molecule is O=Cc1ccco1.c1ccsc1. The van der Waals surface area contributed by atoms with Crippen molar-refractivity contribution in [2.45, 2.75) is 0 Å². The van der Waals surface area contributed by atoms with E-state index in [1.807, 2.05) is 22.9 Å². The second-order valence-corrected chi connectivity index (χ2v) is 2.74. The first-order valence-electron chi connectivity index (χ1n) is 3.39. The lowest BCUT2D eigenvalue weighted by Gasteiger charge is -1.68. The first-order chi connectivity index (χ1) is 5.93. The van der Waals surface area contributed by atoms with Gasteiger partial charge < -0.3 is 4.42 Å². The first-order valence-corrected chi connectivity index (χ1v) is 4.33. The summed E-state index contributed by atoms with van der Waals surface area (Å²) in [7, 11) is 0. The van der Waals surface area contributed by atoms with E-state index in [0.717, 1.165) is 0 Å². The van der Waals surface area contributed by atoms with Crippen molar-refractivity contribution in [1.82, 2.24) is 0 Å². The van der Waals surface area contributed by atoms with Crippen LogP contribution in [0.5, 0.6) is 0 Å². The van der Waals surface area contributed by atoms with Gasteiger partial charge in [0.25, 0.3) is 0 Å². The summed E-state index contributed by atoms with van der Waals surface area (Å²) in [5.41, 5.74) is 0. The van der Waals surface area contributed by atoms with Gasteiger partial charge in [0, 0.05) is 0 Å². The summed E-state index contributed by atoms with van der Waals surface area (Å²) in [4.78, 5) is 9.77. The van der Waals surface area contributed by atoms with E-state index in [4.69, 9.17) is 0 Å². The third-order valence-electron chi connectivity index (χ3n) is 1.08. The largest absolute Gasteiger partial charge is 0.462 e. The van der Waals surface area contributed by atoms with Crippen molar-refractivity contribution in [1.29, 1.82) is 0 Å². The number of thiophene rings is 1. The van der Waals surface area contributed by atoms with Crippen molar-refractivity contribution in [3.8, 4) is 0 Å². The third-order valence-corrected chi connectivity index (χ3v) is 1.71. The fourth-order valence-corrected chi connectivity index (χ4v) is 1.04. The Kier molecular flexibility index (Phi) is 3.88. The molecule has 3 heteroatoms. The highest BCUT2D eigenvalue weighted by Crippen LogP contribution is 1.92. The normalized spacial score (nSPS) is 8.33. The highest BCUT2D eigenvalue weighted by atomic mass is 32.1. The minimum atomic E-state index is 0.375. The lowest BCUT2D eigenvalue weighted by atomic mass is 10.5. The summed E-state index contributed by atoms with van der Waals surface area (Å²) in [6.45, 7) is 0. The van der Waals surface area contributed by atoms with Crippen LogP contribution in [0.3, 0.4) is 0 Å². The molecule has 2 aromatic heterocycles. The van der Waals surface area contributed by atoms with E-state index in [2.05, 4.69) is 4.42 Å². The molecule has 0 aliphatic carbocycles. The van der Waals surface area contributed by atoms with Crippen LogP contribution in [0, 0.1) is 0 Å². The zero-order chi connectivity index (χ0) is 8.65. The summed E-state index contributed by atoms with van der Waals surface area (Å²) in [6.07, 6.45) is 2.13. The zero-order valence-electron chi connectivity index (χ0n) is 6.34. The van der Waals surface area contributed by atoms with Crippen LogP contribution < -0.4 is 0 Å². The fourth-order valence-electron chi connectivity index (χ4n) is 0.585. The fraction of sp³-hybridized carbons (Fsp3) is 0. The second kappa shape index (κ2) is 5.32. The Hall–Kier alpha value is -1.35. The summed E-state index contributed by atoms with van der Waals surface area (Å²) in [5, 5.41) is 4.08. The van der Waals surface area contributed by atoms with Crippen LogP contribution in [0.1, 0.15) is 10.6 Å². The van der Waals surface area contributed by atoms with E-state index in [9.17, 15) is 4.79 Å². The van der Waals surface area contributed by atoms with Gasteiger partial charge in [-0.2, -0.15) is 11.3 Å². The molecule has 12 heavy (non-hydrogen) atoms. The van der Waals surface area contributed by atoms with Crippen molar-refractivity contribution in [2.24, 2.45) is 0 Å². The molecule has 0 atom stereocenters. The van der Waals surface area contributed by atoms with E-state index in [0.29, 0.717) is 12.0 Å². The van der Waals surface area contributed by atoms with E-state index in [1.165, 1.54) is 6.26 Å². The van der Waals surface area contributed by atoms with Crippen molar-refractivity contribution < 1.29 is 9.21 Å². The molecule has 0 bridgehead atoms. The number of aldehydes is 1. The minimum Gasteiger partial charge on any atom is -0.462 e. The van der Waals surface area contributed by atoms with E-state index in [-0.39, 0.29) is 0 Å². The molecule has 2 nitrogen and oxygen atoms in total. The Balaban J connectivity index is 0.000000127. The summed E-state index contributed by atoms with van der Waals surface area (Å²) in [5.74, 6) is 0.375. The molecule has 0 amide bonds. The molecule has 0 spiro atoms. The maximum atomic E-state index is 9.77. The van der Waals surface area contributed by atoms with Crippen LogP contribution in [0.15, 0.2) is 45.7 Å². The summed E-state index contributed by atoms with van der Waals surface area (Å²) in [6, 6.07) is 7.31. The molecular weight excluding hydrogens is 172 g/mol. The molecule has 0 N–H and O–H groups in total. The second-order valence-electron chi connectivity index (χ2n) is 1.93. The minimum absolute atomic E-state index is 0.375. The number of hydrogen-bond donors (Lipinski definition) is 0. The first kappa shape index (κ1) is 8.74. The molecule has 0 aliphatic rings. The molecule has 62 valence electrons. The monoisotopic (exact) mass is 180 g/mol. The van der Waals surface area contributed by atoms with E-state index >= 15 is 0 Å². The van der Waals surface area contributed by atoms with Crippen LogP contribution in [0.25, 0.3) is 0 Å². The Bertz CT molecular complexity index is 267. The van der Waals surface area contributed by atoms with E-state index < -0.39 is 0 Å². The Morgan fingerprint density at radius 2 is 2.00 bits per heavy atom. The predicted octanol–water partition coefficient (Wildman–Crippen LogP) is 2.84. The molecule has 0 radical (unpaired) electrons. The Labute approximate surface area is 74.5 Å². The van der Waals surface area contributed by atoms with Gasteiger partial charge in [-0.3, -0.25) is 4.79 Å². The van der Waals surface area contributed by atoms with Crippen molar-refractivity contribution in [2.75, 3.05) is 0 Å². The average Bonchev–Trinajstić information content (AvgIpc) is 2.81. The molecule has 0 fully saturated rings. The highest BCUT2D eigenvalue weighted by Gasteiger charge is 1.84. The number of rotatable bonds is 1. The number of hydrogen-bond acceptors (Lipinski definition) is 3. The molecule has 2 heterocycles. The molecule has 0 saturated heterocycles. The third kappa shape index (κ3) is 3.16. The number of carbonyl (C=O) groups is 1. The number of carbonyl (C=O) groups excluding carboxylic acids is 1. The quantitative estimate of drug-likeness (QED) is 0.632. The van der Waals surface area contributed by atoms with Gasteiger partial charge in [-0.1, -0.05) is 12.1 Å². The number of furan rings is 1. The maximum absolute atomic E-state index is 9.77. The van der Waals surface area contributed by atoms with Crippen LogP contribution in [0.2, 0.25) is 0 Å². The highest BCUT2D eigenvalue weighted by molar-refractivity contribution is 7.07. The van der Waals surface area contributed by atoms with Gasteiger partial charge >= 0.3 is 0 Å². The average molecular weight is 180 g/mol. The Morgan fingerprint density at radius 1 is 1.25 bits per heavy atom. The van der Waals surface area contributed by atoms with Crippen molar-refractivity contribution in [3.63, 3.8) is 0 Å². The molecule has 2 aromatic rings. The van der Waals surface area contributed by atoms with Gasteiger partial charge in [-0.15, -0.1) is 0 Å². The predicted molar refractivity (Wildman–Crippen MR) is 48.4 cm³/mol. The molecule has 2 rings (SSSR count). The van der Waals surface area contributed by atoms with Crippen LogP contribution >= 0.6 is 11.3 Å². The van der Waals surface area contributed by atoms with Gasteiger partial charge in [0.2, 0.25) is 0 Å². The van der Waals surface area contributed by atoms with Crippen LogP contribution in [-0.4, -0.2) is 6.29 Å². The van der Waals surface area contributed by atoms with Crippen LogP contribution in [0.4, 0.5) is 0 Å². The molecule has 0 unspecified atom stereocenters. The lowest BCUT2D eigenvalue weighted by molar-refractivity contribution is 0.110. The summed E-state index contributed by atoms with van der Waals surface area (Å²) < 4.78 is 4.61. The van der Waals surface area contributed by atoms with E-state index in [1.54, 1.807) is 23.5 Å². The van der Waals surface area contributed by atoms with Gasteiger partial charge in [0.1, 0.15) is 0 Å². The standard InChI is InChI=1S/C5H4O2.C4H4S/c6-4-5-2-1-3-7-5;1-2-4-5-3-1/h1-4H;1-4H. The Morgan fingerprint density at radius 3 is 2.25 bits per heavy atom. The molecule has 0 aromatic carbocycles. The van der Waals surface area contributed by atoms with Crippen molar-refractivity contribution >= 4 is 17.6 Å². The van der Waals surface area contributed by atoms with Gasteiger partial charge in [0.05, 0.1) is 6.26 Å². The lowest BCUT2D eigenvalue weighted by Crippen LogP contribution is -1.65. The molecule has 0 aliphatic heterocycles. The smallest absolute Gasteiger partial charge is 0.185 e. The van der Waals surface area contributed by atoms with Gasteiger partial charge in [-0.05, 0) is 22.9 Å². The topological polar surface area (TPSA) is 30.2 Å².